The molecule has 0 spiro atoms. The zero-order valence-corrected chi connectivity index (χ0v) is 14.7. The molecule has 1 amide bonds. The number of benzene rings is 1. The van der Waals surface area contributed by atoms with Gasteiger partial charge in [0.15, 0.2) is 0 Å². The second-order valence-corrected chi connectivity index (χ2v) is 6.23. The van der Waals surface area contributed by atoms with Crippen LogP contribution in [0.1, 0.15) is 35.8 Å². The van der Waals surface area contributed by atoms with Crippen molar-refractivity contribution >= 4 is 17.5 Å². The van der Waals surface area contributed by atoms with Crippen LogP contribution in [0.15, 0.2) is 36.5 Å². The van der Waals surface area contributed by atoms with E-state index in [9.17, 15) is 4.79 Å². The maximum Gasteiger partial charge on any atom is 0.274 e. The summed E-state index contributed by atoms with van der Waals surface area (Å²) < 4.78 is 0. The van der Waals surface area contributed by atoms with E-state index in [0.717, 1.165) is 18.8 Å². The fourth-order valence-electron chi connectivity index (χ4n) is 2.11. The van der Waals surface area contributed by atoms with E-state index in [4.69, 9.17) is 0 Å². The quantitative estimate of drug-likeness (QED) is 0.818. The highest BCUT2D eigenvalue weighted by molar-refractivity contribution is 6.02. The van der Waals surface area contributed by atoms with Gasteiger partial charge in [0.1, 0.15) is 5.69 Å². The molecule has 128 valence electrons. The fourth-order valence-corrected chi connectivity index (χ4v) is 2.11. The molecule has 1 aromatic carbocycles. The van der Waals surface area contributed by atoms with E-state index in [1.54, 1.807) is 12.3 Å². The van der Waals surface area contributed by atoms with Crippen LogP contribution in [0.5, 0.6) is 0 Å². The molecule has 0 radical (unpaired) electrons. The van der Waals surface area contributed by atoms with Crippen LogP contribution >= 0.6 is 0 Å². The lowest BCUT2D eigenvalue weighted by Gasteiger charge is -2.11. The van der Waals surface area contributed by atoms with Crippen LogP contribution in [0, 0.1) is 0 Å². The van der Waals surface area contributed by atoms with Crippen molar-refractivity contribution in [2.45, 2.75) is 19.8 Å². The predicted molar refractivity (Wildman–Crippen MR) is 97.6 cm³/mol. The van der Waals surface area contributed by atoms with Crippen molar-refractivity contribution in [2.24, 2.45) is 0 Å². The van der Waals surface area contributed by atoms with Crippen LogP contribution in [0.4, 0.5) is 11.6 Å². The van der Waals surface area contributed by atoms with Crippen molar-refractivity contribution < 1.29 is 4.79 Å². The highest BCUT2D eigenvalue weighted by Crippen LogP contribution is 2.17. The summed E-state index contributed by atoms with van der Waals surface area (Å²) in [4.78, 5) is 22.8. The number of carbonyl (C=O) groups is 1. The van der Waals surface area contributed by atoms with Gasteiger partial charge in [0.2, 0.25) is 5.95 Å². The van der Waals surface area contributed by atoms with Gasteiger partial charge in [0.25, 0.3) is 5.91 Å². The van der Waals surface area contributed by atoms with Crippen LogP contribution in [0.25, 0.3) is 0 Å². The van der Waals surface area contributed by atoms with Crippen LogP contribution < -0.4 is 10.6 Å². The molecule has 6 nitrogen and oxygen atoms in total. The SMILES string of the molecule is CC(C)c1ccc(NC(=O)c2ccnc(NCCN(C)C)n2)cc1. The first kappa shape index (κ1) is 17.9. The minimum atomic E-state index is -0.245. The zero-order valence-electron chi connectivity index (χ0n) is 14.7. The maximum atomic E-state index is 12.3. The molecule has 0 atom stereocenters. The van der Waals surface area contributed by atoms with Gasteiger partial charge in [0.05, 0.1) is 0 Å². The lowest BCUT2D eigenvalue weighted by molar-refractivity contribution is 0.102. The number of rotatable bonds is 7. The predicted octanol–water partition coefficient (Wildman–Crippen LogP) is 2.83. The third-order valence-electron chi connectivity index (χ3n) is 3.57. The Kier molecular flexibility index (Phi) is 6.26. The summed E-state index contributed by atoms with van der Waals surface area (Å²) in [6.45, 7) is 5.86. The monoisotopic (exact) mass is 327 g/mol. The summed E-state index contributed by atoms with van der Waals surface area (Å²) >= 11 is 0. The molecule has 1 aromatic heterocycles. The van der Waals surface area contributed by atoms with Gasteiger partial charge in [-0.1, -0.05) is 26.0 Å². The topological polar surface area (TPSA) is 70.2 Å². The highest BCUT2D eigenvalue weighted by Gasteiger charge is 2.09. The van der Waals surface area contributed by atoms with Gasteiger partial charge in [-0.05, 0) is 43.8 Å². The first-order chi connectivity index (χ1) is 11.5. The third-order valence-corrected chi connectivity index (χ3v) is 3.57. The summed E-state index contributed by atoms with van der Waals surface area (Å²) in [7, 11) is 3.99. The number of anilines is 2. The molecule has 0 aliphatic rings. The molecular formula is C18H25N5O. The van der Waals surface area contributed by atoms with E-state index in [0.29, 0.717) is 17.6 Å². The number of hydrogen-bond acceptors (Lipinski definition) is 5. The molecule has 0 saturated carbocycles. The van der Waals surface area contributed by atoms with Gasteiger partial charge in [0, 0.05) is 25.0 Å². The number of nitrogens with zero attached hydrogens (tertiary/aromatic N) is 3. The molecular weight excluding hydrogens is 302 g/mol. The molecule has 2 rings (SSSR count). The lowest BCUT2D eigenvalue weighted by atomic mass is 10.0. The number of carbonyl (C=O) groups excluding carboxylic acids is 1. The molecule has 0 aliphatic heterocycles. The first-order valence-electron chi connectivity index (χ1n) is 8.08. The van der Waals surface area contributed by atoms with E-state index < -0.39 is 0 Å². The third kappa shape index (κ3) is 5.31. The maximum absolute atomic E-state index is 12.3. The minimum Gasteiger partial charge on any atom is -0.353 e. The second-order valence-electron chi connectivity index (χ2n) is 6.23. The molecule has 0 fully saturated rings. The summed E-state index contributed by atoms with van der Waals surface area (Å²) in [6, 6.07) is 9.47. The van der Waals surface area contributed by atoms with E-state index in [1.807, 2.05) is 38.4 Å². The van der Waals surface area contributed by atoms with Gasteiger partial charge in [-0.15, -0.1) is 0 Å². The summed E-state index contributed by atoms with van der Waals surface area (Å²) in [5.74, 6) is 0.678. The Morgan fingerprint density at radius 2 is 1.88 bits per heavy atom. The molecule has 2 N–H and O–H groups in total. The van der Waals surface area contributed by atoms with Gasteiger partial charge >= 0.3 is 0 Å². The van der Waals surface area contributed by atoms with Crippen molar-refractivity contribution in [1.82, 2.24) is 14.9 Å². The number of nitrogens with one attached hydrogen (secondary N) is 2. The average Bonchev–Trinajstić information content (AvgIpc) is 2.55. The van der Waals surface area contributed by atoms with Crippen LogP contribution in [-0.4, -0.2) is 48.0 Å². The Balaban J connectivity index is 1.99. The fraction of sp³-hybridized carbons (Fsp3) is 0.389. The molecule has 0 unspecified atom stereocenters. The summed E-state index contributed by atoms with van der Waals surface area (Å²) in [5.41, 5.74) is 2.33. The Labute approximate surface area is 143 Å². The Morgan fingerprint density at radius 1 is 1.17 bits per heavy atom. The van der Waals surface area contributed by atoms with Crippen molar-refractivity contribution in [3.63, 3.8) is 0 Å². The van der Waals surface area contributed by atoms with Crippen LogP contribution in [-0.2, 0) is 0 Å². The average molecular weight is 327 g/mol. The highest BCUT2D eigenvalue weighted by atomic mass is 16.1. The smallest absolute Gasteiger partial charge is 0.274 e. The van der Waals surface area contributed by atoms with Crippen molar-refractivity contribution in [3.8, 4) is 0 Å². The van der Waals surface area contributed by atoms with Gasteiger partial charge in [-0.2, -0.15) is 0 Å². The molecule has 0 bridgehead atoms. The van der Waals surface area contributed by atoms with Crippen molar-refractivity contribution in [2.75, 3.05) is 37.8 Å². The molecule has 1 heterocycles. The second kappa shape index (κ2) is 8.40. The normalized spacial score (nSPS) is 10.9. The molecule has 24 heavy (non-hydrogen) atoms. The van der Waals surface area contributed by atoms with Crippen molar-refractivity contribution in [3.05, 3.63) is 47.8 Å². The van der Waals surface area contributed by atoms with Gasteiger partial charge in [-0.3, -0.25) is 4.79 Å². The number of hydrogen-bond donors (Lipinski definition) is 2. The molecule has 0 saturated heterocycles. The van der Waals surface area contributed by atoms with Gasteiger partial charge in [-0.25, -0.2) is 9.97 Å². The van der Waals surface area contributed by atoms with Crippen molar-refractivity contribution in [1.29, 1.82) is 0 Å². The number of amides is 1. The Bertz CT molecular complexity index is 667. The molecule has 2 aromatic rings. The first-order valence-corrected chi connectivity index (χ1v) is 8.08. The standard InChI is InChI=1S/C18H25N5O/c1-13(2)14-5-7-15(8-6-14)21-17(24)16-9-10-19-18(22-16)20-11-12-23(3)4/h5-10,13H,11-12H2,1-4H3,(H,21,24)(H,19,20,22). The Morgan fingerprint density at radius 3 is 2.50 bits per heavy atom. The zero-order chi connectivity index (χ0) is 17.5. The van der Waals surface area contributed by atoms with Gasteiger partial charge < -0.3 is 15.5 Å². The van der Waals surface area contributed by atoms with E-state index in [1.165, 1.54) is 5.56 Å². The van der Waals surface area contributed by atoms with E-state index in [-0.39, 0.29) is 5.91 Å². The minimum absolute atomic E-state index is 0.245. The van der Waals surface area contributed by atoms with E-state index in [2.05, 4.69) is 39.3 Å². The number of likely N-dealkylation sites (N-methyl/N-ethyl adjacent to an activating group) is 1. The molecule has 6 heteroatoms. The van der Waals surface area contributed by atoms with Crippen LogP contribution in [0.2, 0.25) is 0 Å². The van der Waals surface area contributed by atoms with Crippen LogP contribution in [0.3, 0.4) is 0 Å². The lowest BCUT2D eigenvalue weighted by Crippen LogP contribution is -2.22. The number of aromatic nitrogens is 2. The molecule has 0 aliphatic carbocycles. The summed E-state index contributed by atoms with van der Waals surface area (Å²) in [6.07, 6.45) is 1.59. The largest absolute Gasteiger partial charge is 0.353 e. The summed E-state index contributed by atoms with van der Waals surface area (Å²) in [5, 5.41) is 5.97. The Hall–Kier alpha value is -2.47. The van der Waals surface area contributed by atoms with E-state index >= 15 is 0 Å².